The van der Waals surface area contributed by atoms with Gasteiger partial charge in [0.15, 0.2) is 0 Å². The lowest BCUT2D eigenvalue weighted by Crippen LogP contribution is -2.27. The predicted octanol–water partition coefficient (Wildman–Crippen LogP) is 0.558. The molecule has 0 unspecified atom stereocenters. The van der Waals surface area contributed by atoms with Gasteiger partial charge in [0, 0.05) is 26.4 Å². The average Bonchev–Trinajstić information content (AvgIpc) is 2.79. The largest absolute Gasteiger partial charge is 0.383 e. The molecule has 1 amide bonds. The Morgan fingerprint density at radius 1 is 1.48 bits per heavy atom. The van der Waals surface area contributed by atoms with Crippen molar-refractivity contribution in [1.82, 2.24) is 9.88 Å². The van der Waals surface area contributed by atoms with Crippen molar-refractivity contribution in [3.63, 3.8) is 0 Å². The minimum atomic E-state index is -3.84. The molecule has 8 heteroatoms. The Hall–Kier alpha value is -1.38. The second-order valence-electron chi connectivity index (χ2n) is 5.23. The van der Waals surface area contributed by atoms with Gasteiger partial charge in [-0.25, -0.2) is 13.6 Å². The molecule has 0 aliphatic heterocycles. The predicted molar refractivity (Wildman–Crippen MR) is 79.5 cm³/mol. The third-order valence-corrected chi connectivity index (χ3v) is 3.86. The highest BCUT2D eigenvalue weighted by atomic mass is 32.2. The summed E-state index contributed by atoms with van der Waals surface area (Å²) in [6, 6.07) is 1.29. The van der Waals surface area contributed by atoms with Crippen LogP contribution in [0.25, 0.3) is 0 Å². The zero-order chi connectivity index (χ0) is 16.0. The van der Waals surface area contributed by atoms with Gasteiger partial charge in [0.2, 0.25) is 10.0 Å². The number of sulfonamides is 1. The molecule has 1 heterocycles. The molecule has 0 fully saturated rings. The molecular weight excluding hydrogens is 294 g/mol. The lowest BCUT2D eigenvalue weighted by molar-refractivity contribution is 0.0940. The van der Waals surface area contributed by atoms with E-state index in [2.05, 4.69) is 19.2 Å². The monoisotopic (exact) mass is 317 g/mol. The third-order valence-electron chi connectivity index (χ3n) is 2.98. The van der Waals surface area contributed by atoms with Crippen molar-refractivity contribution >= 4 is 15.9 Å². The lowest BCUT2D eigenvalue weighted by atomic mass is 10.1. The Morgan fingerprint density at radius 2 is 2.14 bits per heavy atom. The zero-order valence-electron chi connectivity index (χ0n) is 12.6. The molecule has 120 valence electrons. The SMILES string of the molecule is COCCn1cc(S(N)(=O)=O)cc1C(=O)NCCC(C)C. The Balaban J connectivity index is 2.91. The number of aromatic nitrogens is 1. The van der Waals surface area contributed by atoms with Crippen LogP contribution in [0.5, 0.6) is 0 Å². The van der Waals surface area contributed by atoms with Crippen LogP contribution in [0.2, 0.25) is 0 Å². The van der Waals surface area contributed by atoms with Crippen LogP contribution in [0.3, 0.4) is 0 Å². The first-order valence-corrected chi connectivity index (χ1v) is 8.30. The van der Waals surface area contributed by atoms with E-state index >= 15 is 0 Å². The maximum absolute atomic E-state index is 12.1. The van der Waals surface area contributed by atoms with Crippen LogP contribution >= 0.6 is 0 Å². The molecule has 1 rings (SSSR count). The fraction of sp³-hybridized carbons (Fsp3) is 0.615. The van der Waals surface area contributed by atoms with Crippen molar-refractivity contribution in [2.75, 3.05) is 20.3 Å². The lowest BCUT2D eigenvalue weighted by Gasteiger charge is -2.10. The highest BCUT2D eigenvalue weighted by Gasteiger charge is 2.18. The third kappa shape index (κ3) is 5.49. The van der Waals surface area contributed by atoms with E-state index in [1.165, 1.54) is 23.9 Å². The maximum Gasteiger partial charge on any atom is 0.267 e. The van der Waals surface area contributed by atoms with Crippen LogP contribution < -0.4 is 10.5 Å². The molecule has 1 aromatic heterocycles. The van der Waals surface area contributed by atoms with E-state index in [1.807, 2.05) is 0 Å². The molecule has 7 nitrogen and oxygen atoms in total. The standard InChI is InChI=1S/C13H23N3O4S/c1-10(2)4-5-15-13(17)12-8-11(21(14,18)19)9-16(12)6-7-20-3/h8-10H,4-7H2,1-3H3,(H,15,17)(H2,14,18,19). The van der Waals surface area contributed by atoms with E-state index in [1.54, 1.807) is 0 Å². The molecule has 21 heavy (non-hydrogen) atoms. The minimum Gasteiger partial charge on any atom is -0.383 e. The average molecular weight is 317 g/mol. The van der Waals surface area contributed by atoms with Crippen LogP contribution in [-0.2, 0) is 21.3 Å². The van der Waals surface area contributed by atoms with Gasteiger partial charge < -0.3 is 14.6 Å². The summed E-state index contributed by atoms with van der Waals surface area (Å²) in [7, 11) is -2.30. The Morgan fingerprint density at radius 3 is 2.67 bits per heavy atom. The molecule has 1 aromatic rings. The fourth-order valence-electron chi connectivity index (χ4n) is 1.77. The maximum atomic E-state index is 12.1. The molecule has 0 saturated heterocycles. The fourth-order valence-corrected chi connectivity index (χ4v) is 2.32. The van der Waals surface area contributed by atoms with Crippen molar-refractivity contribution in [2.45, 2.75) is 31.7 Å². The molecule has 0 bridgehead atoms. The van der Waals surface area contributed by atoms with Crippen molar-refractivity contribution in [3.05, 3.63) is 18.0 Å². The molecular formula is C13H23N3O4S. The first-order chi connectivity index (χ1) is 9.75. The number of carbonyl (C=O) groups excluding carboxylic acids is 1. The van der Waals surface area contributed by atoms with Gasteiger partial charge >= 0.3 is 0 Å². The Kier molecular flexibility index (Phi) is 6.38. The van der Waals surface area contributed by atoms with Crippen LogP contribution in [0.1, 0.15) is 30.8 Å². The van der Waals surface area contributed by atoms with E-state index in [9.17, 15) is 13.2 Å². The Labute approximate surface area is 125 Å². The normalized spacial score (nSPS) is 11.9. The number of nitrogens with zero attached hydrogens (tertiary/aromatic N) is 1. The van der Waals surface area contributed by atoms with Gasteiger partial charge in [-0.15, -0.1) is 0 Å². The highest BCUT2D eigenvalue weighted by molar-refractivity contribution is 7.89. The van der Waals surface area contributed by atoms with E-state index < -0.39 is 10.0 Å². The van der Waals surface area contributed by atoms with Gasteiger partial charge in [-0.1, -0.05) is 13.8 Å². The first-order valence-electron chi connectivity index (χ1n) is 6.75. The number of carbonyl (C=O) groups is 1. The smallest absolute Gasteiger partial charge is 0.267 e. The van der Waals surface area contributed by atoms with Crippen molar-refractivity contribution in [1.29, 1.82) is 0 Å². The van der Waals surface area contributed by atoms with Crippen LogP contribution in [0, 0.1) is 5.92 Å². The van der Waals surface area contributed by atoms with E-state index in [0.29, 0.717) is 25.6 Å². The van der Waals surface area contributed by atoms with E-state index in [4.69, 9.17) is 9.88 Å². The molecule has 0 atom stereocenters. The molecule has 0 aliphatic rings. The van der Waals surface area contributed by atoms with Crippen molar-refractivity contribution in [3.8, 4) is 0 Å². The summed E-state index contributed by atoms with van der Waals surface area (Å²) in [4.78, 5) is 12.1. The van der Waals surface area contributed by atoms with Gasteiger partial charge in [-0.3, -0.25) is 4.79 Å². The number of hydrogen-bond acceptors (Lipinski definition) is 4. The molecule has 0 saturated carbocycles. The van der Waals surface area contributed by atoms with Crippen molar-refractivity contribution in [2.24, 2.45) is 11.1 Å². The number of methoxy groups -OCH3 is 1. The molecule has 0 spiro atoms. The number of nitrogens with two attached hydrogens (primary N) is 1. The Bertz CT molecular complexity index is 578. The summed E-state index contributed by atoms with van der Waals surface area (Å²) in [5.74, 6) is 0.159. The number of nitrogens with one attached hydrogen (secondary N) is 1. The van der Waals surface area contributed by atoms with E-state index in [0.717, 1.165) is 6.42 Å². The quantitative estimate of drug-likeness (QED) is 0.731. The number of primary sulfonamides is 1. The molecule has 0 aromatic carbocycles. The molecule has 0 aliphatic carbocycles. The minimum absolute atomic E-state index is 0.0763. The van der Waals surface area contributed by atoms with Gasteiger partial charge in [0.05, 0.1) is 6.61 Å². The summed E-state index contributed by atoms with van der Waals surface area (Å²) in [6.45, 7) is 5.40. The topological polar surface area (TPSA) is 103 Å². The summed E-state index contributed by atoms with van der Waals surface area (Å²) in [5.41, 5.74) is 0.264. The van der Waals surface area contributed by atoms with Gasteiger partial charge in [-0.2, -0.15) is 0 Å². The van der Waals surface area contributed by atoms with Gasteiger partial charge in [0.25, 0.3) is 5.91 Å². The van der Waals surface area contributed by atoms with Gasteiger partial charge in [-0.05, 0) is 18.4 Å². The van der Waals surface area contributed by atoms with E-state index in [-0.39, 0.29) is 16.5 Å². The number of ether oxygens (including phenoxy) is 1. The van der Waals surface area contributed by atoms with Gasteiger partial charge in [0.1, 0.15) is 10.6 Å². The van der Waals surface area contributed by atoms with Crippen LogP contribution in [0.15, 0.2) is 17.2 Å². The van der Waals surface area contributed by atoms with Crippen LogP contribution in [0.4, 0.5) is 0 Å². The zero-order valence-corrected chi connectivity index (χ0v) is 13.4. The summed E-state index contributed by atoms with van der Waals surface area (Å²) in [5, 5.41) is 7.88. The second-order valence-corrected chi connectivity index (χ2v) is 6.79. The number of rotatable bonds is 8. The molecule has 0 radical (unpaired) electrons. The number of hydrogen-bond donors (Lipinski definition) is 2. The summed E-state index contributed by atoms with van der Waals surface area (Å²) < 4.78 is 29.3. The number of amides is 1. The summed E-state index contributed by atoms with van der Waals surface area (Å²) >= 11 is 0. The van der Waals surface area contributed by atoms with Crippen LogP contribution in [-0.4, -0.2) is 39.2 Å². The van der Waals surface area contributed by atoms with Crippen molar-refractivity contribution < 1.29 is 17.9 Å². The summed E-state index contributed by atoms with van der Waals surface area (Å²) in [6.07, 6.45) is 2.21. The first kappa shape index (κ1) is 17.7. The second kappa shape index (κ2) is 7.58. The molecule has 3 N–H and O–H groups in total. The highest BCUT2D eigenvalue weighted by Crippen LogP contribution is 2.13.